The highest BCUT2D eigenvalue weighted by atomic mass is 19.1. The molecule has 0 aliphatic carbocycles. The number of methoxy groups -OCH3 is 1. The summed E-state index contributed by atoms with van der Waals surface area (Å²) in [5.74, 6) is -1.29. The van der Waals surface area contributed by atoms with Crippen molar-refractivity contribution in [2.45, 2.75) is 6.54 Å². The molecule has 19 heavy (non-hydrogen) atoms. The van der Waals surface area contributed by atoms with Crippen molar-refractivity contribution in [2.24, 2.45) is 0 Å². The maximum atomic E-state index is 13.5. The van der Waals surface area contributed by atoms with Crippen LogP contribution in [0.5, 0.6) is 5.75 Å². The van der Waals surface area contributed by atoms with Gasteiger partial charge in [-0.3, -0.25) is 0 Å². The zero-order valence-electron chi connectivity index (χ0n) is 10.2. The Labute approximate surface area is 108 Å². The second-order valence-electron chi connectivity index (χ2n) is 3.94. The van der Waals surface area contributed by atoms with Gasteiger partial charge in [-0.15, -0.1) is 0 Å². The fourth-order valence-electron chi connectivity index (χ4n) is 1.62. The van der Waals surface area contributed by atoms with Gasteiger partial charge >= 0.3 is 0 Å². The largest absolute Gasteiger partial charge is 0.497 e. The third-order valence-electron chi connectivity index (χ3n) is 2.66. The predicted molar refractivity (Wildman–Crippen MR) is 66.6 cm³/mol. The third-order valence-corrected chi connectivity index (χ3v) is 2.66. The van der Waals surface area contributed by atoms with E-state index < -0.39 is 17.5 Å². The van der Waals surface area contributed by atoms with Crippen molar-refractivity contribution in [1.29, 1.82) is 0 Å². The highest BCUT2D eigenvalue weighted by molar-refractivity contribution is 5.50. The van der Waals surface area contributed by atoms with Crippen molar-refractivity contribution >= 4 is 5.69 Å². The van der Waals surface area contributed by atoms with Gasteiger partial charge in [0.05, 0.1) is 12.8 Å². The standard InChI is InChI=1S/C14H12F3NO/c1-19-11-4-5-12(16)14(7-11)18-8-9-2-3-10(15)6-13(9)17/h2-7,18H,8H2,1H3. The predicted octanol–water partition coefficient (Wildman–Crippen LogP) is 3.72. The van der Waals surface area contributed by atoms with Gasteiger partial charge in [-0.05, 0) is 18.2 Å². The summed E-state index contributed by atoms with van der Waals surface area (Å²) >= 11 is 0. The fraction of sp³-hybridized carbons (Fsp3) is 0.143. The van der Waals surface area contributed by atoms with Gasteiger partial charge in [-0.25, -0.2) is 13.2 Å². The van der Waals surface area contributed by atoms with Crippen LogP contribution < -0.4 is 10.1 Å². The first-order chi connectivity index (χ1) is 9.10. The fourth-order valence-corrected chi connectivity index (χ4v) is 1.62. The number of nitrogens with one attached hydrogen (secondary N) is 1. The van der Waals surface area contributed by atoms with Crippen LogP contribution in [0.1, 0.15) is 5.56 Å². The molecular weight excluding hydrogens is 255 g/mol. The molecule has 0 radical (unpaired) electrons. The van der Waals surface area contributed by atoms with Crippen molar-refractivity contribution in [1.82, 2.24) is 0 Å². The molecular formula is C14H12F3NO. The van der Waals surface area contributed by atoms with Crippen LogP contribution in [0.4, 0.5) is 18.9 Å². The molecule has 0 aromatic heterocycles. The van der Waals surface area contributed by atoms with Crippen LogP contribution in [0, 0.1) is 17.5 Å². The van der Waals surface area contributed by atoms with Gasteiger partial charge < -0.3 is 10.1 Å². The monoisotopic (exact) mass is 267 g/mol. The van der Waals surface area contributed by atoms with Crippen LogP contribution in [0.25, 0.3) is 0 Å². The van der Waals surface area contributed by atoms with Crippen molar-refractivity contribution in [3.05, 3.63) is 59.4 Å². The highest BCUT2D eigenvalue weighted by Gasteiger charge is 2.07. The molecule has 2 rings (SSSR count). The maximum Gasteiger partial charge on any atom is 0.146 e. The van der Waals surface area contributed by atoms with E-state index in [-0.39, 0.29) is 17.8 Å². The second kappa shape index (κ2) is 5.65. The van der Waals surface area contributed by atoms with Crippen LogP contribution in [0.2, 0.25) is 0 Å². The summed E-state index contributed by atoms with van der Waals surface area (Å²) in [5.41, 5.74) is 0.451. The topological polar surface area (TPSA) is 21.3 Å². The number of hydrogen-bond donors (Lipinski definition) is 1. The minimum absolute atomic E-state index is 0.0518. The number of rotatable bonds is 4. The Hall–Kier alpha value is -2.17. The minimum atomic E-state index is -0.671. The van der Waals surface area contributed by atoms with E-state index in [0.717, 1.165) is 12.1 Å². The molecule has 2 aromatic rings. The van der Waals surface area contributed by atoms with E-state index in [2.05, 4.69) is 5.32 Å². The van der Waals surface area contributed by atoms with E-state index in [9.17, 15) is 13.2 Å². The Balaban J connectivity index is 2.14. The lowest BCUT2D eigenvalue weighted by molar-refractivity contribution is 0.414. The quantitative estimate of drug-likeness (QED) is 0.911. The third kappa shape index (κ3) is 3.19. The van der Waals surface area contributed by atoms with Crippen molar-refractivity contribution < 1.29 is 17.9 Å². The normalized spacial score (nSPS) is 10.3. The lowest BCUT2D eigenvalue weighted by Gasteiger charge is -2.10. The first-order valence-electron chi connectivity index (χ1n) is 5.61. The van der Waals surface area contributed by atoms with Crippen LogP contribution in [-0.2, 0) is 6.54 Å². The Morgan fingerprint density at radius 2 is 1.79 bits per heavy atom. The summed E-state index contributed by atoms with van der Waals surface area (Å²) in [6.07, 6.45) is 0. The van der Waals surface area contributed by atoms with Gasteiger partial charge in [0.25, 0.3) is 0 Å². The van der Waals surface area contributed by atoms with Gasteiger partial charge in [0.1, 0.15) is 23.2 Å². The van der Waals surface area contributed by atoms with Gasteiger partial charge in [0.15, 0.2) is 0 Å². The molecule has 0 saturated heterocycles. The van der Waals surface area contributed by atoms with E-state index in [0.29, 0.717) is 5.75 Å². The maximum absolute atomic E-state index is 13.5. The van der Waals surface area contributed by atoms with E-state index in [1.165, 1.54) is 31.4 Å². The van der Waals surface area contributed by atoms with Crippen LogP contribution >= 0.6 is 0 Å². The van der Waals surface area contributed by atoms with Crippen LogP contribution in [0.3, 0.4) is 0 Å². The van der Waals surface area contributed by atoms with E-state index >= 15 is 0 Å². The molecule has 0 aliphatic rings. The van der Waals surface area contributed by atoms with Gasteiger partial charge in [0, 0.05) is 24.2 Å². The zero-order chi connectivity index (χ0) is 13.8. The van der Waals surface area contributed by atoms with Crippen LogP contribution in [-0.4, -0.2) is 7.11 Å². The van der Waals surface area contributed by atoms with Gasteiger partial charge in [-0.1, -0.05) is 6.07 Å². The molecule has 0 saturated carbocycles. The molecule has 0 bridgehead atoms. The molecule has 0 unspecified atom stereocenters. The zero-order valence-corrected chi connectivity index (χ0v) is 10.2. The highest BCUT2D eigenvalue weighted by Crippen LogP contribution is 2.22. The van der Waals surface area contributed by atoms with Gasteiger partial charge in [-0.2, -0.15) is 0 Å². The average molecular weight is 267 g/mol. The minimum Gasteiger partial charge on any atom is -0.497 e. The molecule has 2 nitrogen and oxygen atoms in total. The molecule has 0 amide bonds. The molecule has 1 N–H and O–H groups in total. The number of hydrogen-bond acceptors (Lipinski definition) is 2. The molecule has 0 heterocycles. The van der Waals surface area contributed by atoms with Crippen LogP contribution in [0.15, 0.2) is 36.4 Å². The summed E-state index contributed by atoms with van der Waals surface area (Å²) in [6.45, 7) is 0.0518. The van der Waals surface area contributed by atoms with E-state index in [1.807, 2.05) is 0 Å². The smallest absolute Gasteiger partial charge is 0.146 e. The van der Waals surface area contributed by atoms with E-state index in [1.54, 1.807) is 0 Å². The summed E-state index contributed by atoms with van der Waals surface area (Å²) in [4.78, 5) is 0. The average Bonchev–Trinajstić information content (AvgIpc) is 2.39. The van der Waals surface area contributed by atoms with E-state index in [4.69, 9.17) is 4.74 Å². The number of halogens is 3. The molecule has 0 aliphatic heterocycles. The molecule has 2 aromatic carbocycles. The first kappa shape index (κ1) is 13.3. The van der Waals surface area contributed by atoms with Crippen molar-refractivity contribution in [2.75, 3.05) is 12.4 Å². The molecule has 100 valence electrons. The first-order valence-corrected chi connectivity index (χ1v) is 5.61. The number of benzene rings is 2. The SMILES string of the molecule is COc1ccc(F)c(NCc2ccc(F)cc2F)c1. The summed E-state index contributed by atoms with van der Waals surface area (Å²) in [5, 5.41) is 2.75. The Kier molecular flexibility index (Phi) is 3.94. The summed E-state index contributed by atoms with van der Waals surface area (Å²) < 4.78 is 44.6. The second-order valence-corrected chi connectivity index (χ2v) is 3.94. The number of anilines is 1. The lowest BCUT2D eigenvalue weighted by Crippen LogP contribution is -2.04. The summed E-state index contributed by atoms with van der Waals surface area (Å²) in [7, 11) is 1.47. The van der Waals surface area contributed by atoms with Crippen molar-refractivity contribution in [3.8, 4) is 5.75 Å². The molecule has 0 fully saturated rings. The lowest BCUT2D eigenvalue weighted by atomic mass is 10.2. The van der Waals surface area contributed by atoms with Crippen molar-refractivity contribution in [3.63, 3.8) is 0 Å². The molecule has 0 atom stereocenters. The van der Waals surface area contributed by atoms with Gasteiger partial charge in [0.2, 0.25) is 0 Å². The Morgan fingerprint density at radius 3 is 2.47 bits per heavy atom. The molecule has 0 spiro atoms. The Morgan fingerprint density at radius 1 is 1.00 bits per heavy atom. The number of ether oxygens (including phenoxy) is 1. The Bertz CT molecular complexity index is 587. The summed E-state index contributed by atoms with van der Waals surface area (Å²) in [6, 6.07) is 7.47. The molecule has 5 heteroatoms.